The van der Waals surface area contributed by atoms with Gasteiger partial charge >= 0.3 is 0 Å². The molecule has 1 aliphatic rings. The predicted octanol–water partition coefficient (Wildman–Crippen LogP) is 4.55. The van der Waals surface area contributed by atoms with Gasteiger partial charge in [-0.1, -0.05) is 18.2 Å². The summed E-state index contributed by atoms with van der Waals surface area (Å²) in [5.41, 5.74) is 5.23. The number of carbonyl (C=O) groups excluding carboxylic acids is 1. The molecule has 1 fully saturated rings. The van der Waals surface area contributed by atoms with Crippen molar-refractivity contribution < 1.29 is 9.53 Å². The Morgan fingerprint density at radius 3 is 2.54 bits per heavy atom. The molecule has 0 atom stereocenters. The number of carbonyl (C=O) groups is 1. The molecule has 0 unspecified atom stereocenters. The monoisotopic (exact) mass is 344 g/mol. The SMILES string of the molecule is COc1cccc(-c2cc(-c3ccncc3)ccc2N2CCCC2=O)c1. The van der Waals surface area contributed by atoms with E-state index >= 15 is 0 Å². The number of ether oxygens (including phenoxy) is 1. The molecule has 0 radical (unpaired) electrons. The number of hydrogen-bond acceptors (Lipinski definition) is 3. The van der Waals surface area contributed by atoms with Gasteiger partial charge in [-0.05, 0) is 59.5 Å². The van der Waals surface area contributed by atoms with Crippen molar-refractivity contribution >= 4 is 11.6 Å². The zero-order valence-corrected chi connectivity index (χ0v) is 14.7. The fourth-order valence-corrected chi connectivity index (χ4v) is 3.42. The summed E-state index contributed by atoms with van der Waals surface area (Å²) in [6.07, 6.45) is 5.10. The topological polar surface area (TPSA) is 42.4 Å². The molecule has 0 bridgehead atoms. The standard InChI is InChI=1S/C22H20N2O2/c1-26-19-5-2-4-18(14-19)20-15-17(16-9-11-23-12-10-16)7-8-21(20)24-13-3-6-22(24)25/h2,4-5,7-12,14-15H,3,6,13H2,1H3. The first-order valence-corrected chi connectivity index (χ1v) is 8.75. The highest BCUT2D eigenvalue weighted by atomic mass is 16.5. The molecule has 2 heterocycles. The van der Waals surface area contributed by atoms with Crippen LogP contribution < -0.4 is 9.64 Å². The number of benzene rings is 2. The van der Waals surface area contributed by atoms with Crippen molar-refractivity contribution in [2.75, 3.05) is 18.6 Å². The summed E-state index contributed by atoms with van der Waals surface area (Å²) >= 11 is 0. The summed E-state index contributed by atoms with van der Waals surface area (Å²) in [7, 11) is 1.66. The molecule has 3 aromatic rings. The Kier molecular flexibility index (Phi) is 4.40. The first kappa shape index (κ1) is 16.3. The van der Waals surface area contributed by atoms with Crippen molar-refractivity contribution in [3.05, 3.63) is 67.0 Å². The first-order valence-electron chi connectivity index (χ1n) is 8.75. The minimum atomic E-state index is 0.186. The number of rotatable bonds is 4. The lowest BCUT2D eigenvalue weighted by molar-refractivity contribution is -0.117. The number of pyridine rings is 1. The van der Waals surface area contributed by atoms with Gasteiger partial charge in [0.2, 0.25) is 5.91 Å². The van der Waals surface area contributed by atoms with Crippen LogP contribution in [0, 0.1) is 0 Å². The Labute approximate surface area is 153 Å². The third kappa shape index (κ3) is 3.06. The Morgan fingerprint density at radius 1 is 0.962 bits per heavy atom. The lowest BCUT2D eigenvalue weighted by Gasteiger charge is -2.21. The number of aromatic nitrogens is 1. The van der Waals surface area contributed by atoms with Crippen molar-refractivity contribution in [3.63, 3.8) is 0 Å². The first-order chi connectivity index (χ1) is 12.8. The van der Waals surface area contributed by atoms with Gasteiger partial charge in [0.25, 0.3) is 0 Å². The third-order valence-electron chi connectivity index (χ3n) is 4.76. The summed E-state index contributed by atoms with van der Waals surface area (Å²) in [6.45, 7) is 0.768. The summed E-state index contributed by atoms with van der Waals surface area (Å²) in [6, 6.07) is 18.2. The molecule has 1 amide bonds. The number of amides is 1. The Balaban J connectivity index is 1.87. The molecule has 4 heteroatoms. The van der Waals surface area contributed by atoms with Crippen LogP contribution in [0.25, 0.3) is 22.3 Å². The maximum atomic E-state index is 12.3. The minimum Gasteiger partial charge on any atom is -0.497 e. The lowest BCUT2D eigenvalue weighted by atomic mass is 9.97. The predicted molar refractivity (Wildman–Crippen MR) is 103 cm³/mol. The van der Waals surface area contributed by atoms with Gasteiger partial charge in [-0.15, -0.1) is 0 Å². The summed E-state index contributed by atoms with van der Waals surface area (Å²) in [5, 5.41) is 0. The summed E-state index contributed by atoms with van der Waals surface area (Å²) in [5.74, 6) is 0.987. The number of methoxy groups -OCH3 is 1. The van der Waals surface area contributed by atoms with Gasteiger partial charge in [0.05, 0.1) is 12.8 Å². The molecule has 1 aromatic heterocycles. The van der Waals surface area contributed by atoms with Gasteiger partial charge < -0.3 is 9.64 Å². The molecule has 0 spiro atoms. The van der Waals surface area contributed by atoms with Gasteiger partial charge in [0.15, 0.2) is 0 Å². The molecule has 26 heavy (non-hydrogen) atoms. The normalized spacial score (nSPS) is 13.9. The largest absolute Gasteiger partial charge is 0.497 e. The van der Waals surface area contributed by atoms with Crippen molar-refractivity contribution in [3.8, 4) is 28.0 Å². The van der Waals surface area contributed by atoms with Crippen molar-refractivity contribution in [2.24, 2.45) is 0 Å². The van der Waals surface area contributed by atoms with Crippen LogP contribution in [-0.2, 0) is 4.79 Å². The van der Waals surface area contributed by atoms with Crippen LogP contribution in [0.2, 0.25) is 0 Å². The van der Waals surface area contributed by atoms with Crippen LogP contribution in [0.15, 0.2) is 67.0 Å². The van der Waals surface area contributed by atoms with E-state index in [1.54, 1.807) is 19.5 Å². The minimum absolute atomic E-state index is 0.186. The molecule has 1 saturated heterocycles. The van der Waals surface area contributed by atoms with Crippen LogP contribution in [0.1, 0.15) is 12.8 Å². The zero-order valence-electron chi connectivity index (χ0n) is 14.7. The van der Waals surface area contributed by atoms with E-state index in [4.69, 9.17) is 4.74 Å². The number of nitrogens with zero attached hydrogens (tertiary/aromatic N) is 2. The van der Waals surface area contributed by atoms with Gasteiger partial charge in [0.1, 0.15) is 5.75 Å². The van der Waals surface area contributed by atoms with E-state index in [-0.39, 0.29) is 5.91 Å². The van der Waals surface area contributed by atoms with E-state index in [1.807, 2.05) is 41.3 Å². The van der Waals surface area contributed by atoms with Gasteiger partial charge in [-0.2, -0.15) is 0 Å². The van der Waals surface area contributed by atoms with Crippen LogP contribution in [0.3, 0.4) is 0 Å². The van der Waals surface area contributed by atoms with Gasteiger partial charge in [-0.25, -0.2) is 0 Å². The molecule has 0 saturated carbocycles. The van der Waals surface area contributed by atoms with Crippen LogP contribution in [0.4, 0.5) is 5.69 Å². The molecule has 4 rings (SSSR count). The maximum absolute atomic E-state index is 12.3. The fraction of sp³-hybridized carbons (Fsp3) is 0.182. The molecular weight excluding hydrogens is 324 g/mol. The van der Waals surface area contributed by atoms with E-state index in [0.29, 0.717) is 6.42 Å². The Morgan fingerprint density at radius 2 is 1.81 bits per heavy atom. The maximum Gasteiger partial charge on any atom is 0.227 e. The van der Waals surface area contributed by atoms with Crippen molar-refractivity contribution in [1.82, 2.24) is 4.98 Å². The highest BCUT2D eigenvalue weighted by molar-refractivity contribution is 6.00. The molecule has 0 N–H and O–H groups in total. The number of anilines is 1. The van der Waals surface area contributed by atoms with Crippen LogP contribution in [-0.4, -0.2) is 24.5 Å². The zero-order chi connectivity index (χ0) is 17.9. The van der Waals surface area contributed by atoms with E-state index in [1.165, 1.54) is 0 Å². The smallest absolute Gasteiger partial charge is 0.227 e. The molecule has 4 nitrogen and oxygen atoms in total. The highest BCUT2D eigenvalue weighted by Crippen LogP contribution is 2.37. The second-order valence-corrected chi connectivity index (χ2v) is 6.35. The summed E-state index contributed by atoms with van der Waals surface area (Å²) in [4.78, 5) is 18.3. The molecular formula is C22H20N2O2. The van der Waals surface area contributed by atoms with Crippen molar-refractivity contribution in [2.45, 2.75) is 12.8 Å². The molecule has 1 aliphatic heterocycles. The highest BCUT2D eigenvalue weighted by Gasteiger charge is 2.24. The quantitative estimate of drug-likeness (QED) is 0.697. The van der Waals surface area contributed by atoms with Crippen LogP contribution >= 0.6 is 0 Å². The molecule has 0 aliphatic carbocycles. The van der Waals surface area contributed by atoms with Gasteiger partial charge in [-0.3, -0.25) is 9.78 Å². The van der Waals surface area contributed by atoms with E-state index in [0.717, 1.165) is 46.7 Å². The fourth-order valence-electron chi connectivity index (χ4n) is 3.42. The molecule has 2 aromatic carbocycles. The van der Waals surface area contributed by atoms with E-state index in [2.05, 4.69) is 23.2 Å². The second-order valence-electron chi connectivity index (χ2n) is 6.35. The van der Waals surface area contributed by atoms with Crippen LogP contribution in [0.5, 0.6) is 5.75 Å². The Bertz CT molecular complexity index is 938. The third-order valence-corrected chi connectivity index (χ3v) is 4.76. The lowest BCUT2D eigenvalue weighted by Crippen LogP contribution is -2.24. The average Bonchev–Trinajstić information content (AvgIpc) is 3.14. The molecule has 130 valence electrons. The Hall–Kier alpha value is -3.14. The summed E-state index contributed by atoms with van der Waals surface area (Å²) < 4.78 is 5.39. The van der Waals surface area contributed by atoms with E-state index in [9.17, 15) is 4.79 Å². The van der Waals surface area contributed by atoms with Crippen molar-refractivity contribution in [1.29, 1.82) is 0 Å². The second kappa shape index (κ2) is 7.00. The average molecular weight is 344 g/mol. The van der Waals surface area contributed by atoms with Gasteiger partial charge in [0, 0.05) is 30.9 Å². The number of hydrogen-bond donors (Lipinski definition) is 0. The van der Waals surface area contributed by atoms with E-state index < -0.39 is 0 Å².